The zero-order valence-corrected chi connectivity index (χ0v) is 22.2. The van der Waals surface area contributed by atoms with Gasteiger partial charge in [-0.1, -0.05) is 84.0 Å². The number of aryl methyl sites for hydroxylation is 1. The van der Waals surface area contributed by atoms with Crippen molar-refractivity contribution in [3.63, 3.8) is 0 Å². The van der Waals surface area contributed by atoms with Crippen LogP contribution in [0.4, 0.5) is 0 Å². The second-order valence-electron chi connectivity index (χ2n) is 9.96. The van der Waals surface area contributed by atoms with E-state index < -0.39 is 5.41 Å². The molecule has 0 bridgehead atoms. The number of nitrogens with two attached hydrogens (primary N) is 1. The highest BCUT2D eigenvalue weighted by Gasteiger charge is 2.52. The molecule has 0 saturated heterocycles. The maximum atomic E-state index is 12.7. The second-order valence-corrected chi connectivity index (χ2v) is 9.96. The normalized spacial score (nSPS) is 14.4. The van der Waals surface area contributed by atoms with E-state index in [2.05, 4.69) is 5.16 Å². The fourth-order valence-corrected chi connectivity index (χ4v) is 4.82. The van der Waals surface area contributed by atoms with Crippen LogP contribution in [-0.4, -0.2) is 30.2 Å². The summed E-state index contributed by atoms with van der Waals surface area (Å²) in [6, 6.07) is 25.6. The topological polar surface area (TPSA) is 105 Å². The molecule has 0 radical (unpaired) electrons. The fourth-order valence-electron chi connectivity index (χ4n) is 4.82. The van der Waals surface area contributed by atoms with Crippen molar-refractivity contribution in [2.24, 2.45) is 5.73 Å². The van der Waals surface area contributed by atoms with E-state index in [1.165, 1.54) is 0 Å². The van der Waals surface area contributed by atoms with Gasteiger partial charge in [-0.25, -0.2) is 0 Å². The number of aromatic nitrogens is 1. The van der Waals surface area contributed by atoms with Crippen LogP contribution in [-0.2, 0) is 30.9 Å². The molecule has 1 saturated carbocycles. The van der Waals surface area contributed by atoms with Gasteiger partial charge in [0.15, 0.2) is 5.76 Å². The van der Waals surface area contributed by atoms with Crippen LogP contribution < -0.4 is 5.73 Å². The average Bonchev–Trinajstić information content (AvgIpc) is 3.71. The lowest BCUT2D eigenvalue weighted by atomic mass is 9.93. The molecule has 1 fully saturated rings. The Morgan fingerprint density at radius 3 is 2.18 bits per heavy atom. The van der Waals surface area contributed by atoms with E-state index >= 15 is 0 Å². The van der Waals surface area contributed by atoms with Crippen molar-refractivity contribution < 1.29 is 23.6 Å². The van der Waals surface area contributed by atoms with Crippen LogP contribution >= 0.6 is 0 Å². The zero-order valence-electron chi connectivity index (χ0n) is 22.2. The molecule has 0 spiro atoms. The molecule has 4 aromatic rings. The van der Waals surface area contributed by atoms with Gasteiger partial charge >= 0.3 is 11.9 Å². The summed E-state index contributed by atoms with van der Waals surface area (Å²) in [4.78, 5) is 25.2. The molecule has 5 rings (SSSR count). The van der Waals surface area contributed by atoms with Gasteiger partial charge in [0.2, 0.25) is 0 Å². The van der Waals surface area contributed by atoms with Crippen molar-refractivity contribution in [1.82, 2.24) is 5.16 Å². The molecule has 39 heavy (non-hydrogen) atoms. The number of benzene rings is 3. The third-order valence-electron chi connectivity index (χ3n) is 7.29. The van der Waals surface area contributed by atoms with Crippen LogP contribution in [0.15, 0.2) is 83.4 Å². The molecule has 1 aromatic heterocycles. The lowest BCUT2D eigenvalue weighted by Crippen LogP contribution is -2.25. The number of carbonyl (C=O) groups excluding carboxylic acids is 2. The fraction of sp³-hybridized carbons (Fsp3) is 0.281. The molecule has 0 amide bonds. The van der Waals surface area contributed by atoms with Crippen LogP contribution in [0.3, 0.4) is 0 Å². The Hall–Kier alpha value is -4.23. The lowest BCUT2D eigenvalue weighted by molar-refractivity contribution is -0.148. The Labute approximate surface area is 227 Å². The van der Waals surface area contributed by atoms with Gasteiger partial charge < -0.3 is 19.7 Å². The Kier molecular flexibility index (Phi) is 7.61. The van der Waals surface area contributed by atoms with Crippen molar-refractivity contribution in [2.75, 3.05) is 13.2 Å². The minimum atomic E-state index is -0.530. The highest BCUT2D eigenvalue weighted by molar-refractivity contribution is 5.87. The molecule has 0 unspecified atom stereocenters. The van der Waals surface area contributed by atoms with Crippen molar-refractivity contribution in [1.29, 1.82) is 0 Å². The van der Waals surface area contributed by atoms with E-state index in [9.17, 15) is 9.59 Å². The van der Waals surface area contributed by atoms with Gasteiger partial charge in [0.05, 0.1) is 17.5 Å². The van der Waals surface area contributed by atoms with Gasteiger partial charge in [-0.3, -0.25) is 9.59 Å². The highest BCUT2D eigenvalue weighted by atomic mass is 16.5. The summed E-state index contributed by atoms with van der Waals surface area (Å²) in [5, 5.41) is 4.11. The highest BCUT2D eigenvalue weighted by Crippen LogP contribution is 2.49. The van der Waals surface area contributed by atoms with Gasteiger partial charge in [0.1, 0.15) is 12.7 Å². The Morgan fingerprint density at radius 2 is 1.56 bits per heavy atom. The van der Waals surface area contributed by atoms with E-state index in [0.717, 1.165) is 40.7 Å². The summed E-state index contributed by atoms with van der Waals surface area (Å²) in [5.41, 5.74) is 11.1. The van der Waals surface area contributed by atoms with Gasteiger partial charge in [0.25, 0.3) is 0 Å². The molecule has 1 aliphatic rings. The van der Waals surface area contributed by atoms with Gasteiger partial charge in [-0.15, -0.1) is 0 Å². The summed E-state index contributed by atoms with van der Waals surface area (Å²) < 4.78 is 16.6. The molecular weight excluding hydrogens is 492 g/mol. The number of carbonyl (C=O) groups is 2. The molecule has 0 aliphatic heterocycles. The van der Waals surface area contributed by atoms with Crippen molar-refractivity contribution in [3.05, 3.63) is 101 Å². The number of hydrogen-bond donors (Lipinski definition) is 1. The first-order valence-electron chi connectivity index (χ1n) is 13.2. The lowest BCUT2D eigenvalue weighted by Gasteiger charge is -2.15. The molecular formula is C32H32N2O5. The number of ether oxygens (including phenoxy) is 2. The number of nitrogens with zero attached hydrogens (tertiary/aromatic N) is 1. The first-order chi connectivity index (χ1) is 18.9. The first-order valence-corrected chi connectivity index (χ1v) is 13.2. The quantitative estimate of drug-likeness (QED) is 0.265. The molecule has 1 heterocycles. The molecule has 7 heteroatoms. The summed E-state index contributed by atoms with van der Waals surface area (Å²) in [5.74, 6) is 0.0305. The van der Waals surface area contributed by atoms with Crippen molar-refractivity contribution >= 4 is 11.9 Å². The molecule has 2 N–H and O–H groups in total. The smallest absolute Gasteiger partial charge is 0.316 e. The van der Waals surface area contributed by atoms with Gasteiger partial charge in [-0.05, 0) is 48.9 Å². The molecule has 200 valence electrons. The van der Waals surface area contributed by atoms with Crippen LogP contribution in [0.2, 0.25) is 0 Å². The van der Waals surface area contributed by atoms with E-state index in [1.807, 2.05) is 92.7 Å². The number of rotatable bonds is 10. The Balaban J connectivity index is 1.27. The number of esters is 2. The monoisotopic (exact) mass is 524 g/mol. The van der Waals surface area contributed by atoms with E-state index in [4.69, 9.17) is 19.7 Å². The van der Waals surface area contributed by atoms with E-state index in [0.29, 0.717) is 23.6 Å². The Morgan fingerprint density at radius 1 is 0.949 bits per heavy atom. The van der Waals surface area contributed by atoms with E-state index in [1.54, 1.807) is 0 Å². The minimum absolute atomic E-state index is 0.0700. The molecule has 7 nitrogen and oxygen atoms in total. The SMILES string of the molecule is Cc1noc(-c2ccc(-c3ccc(C4(C(=O)OCCN)CC4)cc3)cc2)c1CC(=O)O[C@H](C)c1ccccc1. The van der Waals surface area contributed by atoms with Crippen LogP contribution in [0.25, 0.3) is 22.5 Å². The van der Waals surface area contributed by atoms with Crippen molar-refractivity contribution in [3.8, 4) is 22.5 Å². The summed E-state index contributed by atoms with van der Waals surface area (Å²) in [6.45, 7) is 4.25. The average molecular weight is 525 g/mol. The molecule has 1 atom stereocenters. The molecule has 3 aromatic carbocycles. The van der Waals surface area contributed by atoms with Crippen LogP contribution in [0, 0.1) is 6.92 Å². The third kappa shape index (κ3) is 5.64. The first kappa shape index (κ1) is 26.4. The standard InChI is InChI=1S/C32H32N2O5/c1-21-28(20-29(35)38-22(2)23-6-4-3-5-7-23)30(39-34-21)26-10-8-24(9-11-26)25-12-14-27(15-13-25)32(16-17-32)31(36)37-19-18-33/h3-15,22H,16-20,33H2,1-2H3/t22-/m1/s1. The summed E-state index contributed by atoms with van der Waals surface area (Å²) in [7, 11) is 0. The predicted molar refractivity (Wildman–Crippen MR) is 148 cm³/mol. The maximum Gasteiger partial charge on any atom is 0.316 e. The van der Waals surface area contributed by atoms with Crippen LogP contribution in [0.1, 0.15) is 48.3 Å². The zero-order chi connectivity index (χ0) is 27.4. The summed E-state index contributed by atoms with van der Waals surface area (Å²) >= 11 is 0. The van der Waals surface area contributed by atoms with E-state index in [-0.39, 0.29) is 31.1 Å². The minimum Gasteiger partial charge on any atom is -0.464 e. The van der Waals surface area contributed by atoms with Crippen molar-refractivity contribution in [2.45, 2.75) is 44.6 Å². The largest absolute Gasteiger partial charge is 0.464 e. The summed E-state index contributed by atoms with van der Waals surface area (Å²) in [6.07, 6.45) is 1.31. The van der Waals surface area contributed by atoms with Gasteiger partial charge in [0, 0.05) is 17.7 Å². The second kappa shape index (κ2) is 11.3. The Bertz CT molecular complexity index is 1440. The molecule has 1 aliphatic carbocycles. The van der Waals surface area contributed by atoms with Crippen LogP contribution in [0.5, 0.6) is 0 Å². The maximum absolute atomic E-state index is 12.7. The number of hydrogen-bond acceptors (Lipinski definition) is 7. The predicted octanol–water partition coefficient (Wildman–Crippen LogP) is 5.70. The third-order valence-corrected chi connectivity index (χ3v) is 7.29. The van der Waals surface area contributed by atoms with Gasteiger partial charge in [-0.2, -0.15) is 0 Å².